The molecule has 0 saturated carbocycles. The summed E-state index contributed by atoms with van der Waals surface area (Å²) in [5, 5.41) is 8.23. The Morgan fingerprint density at radius 3 is 2.50 bits per heavy atom. The lowest BCUT2D eigenvalue weighted by Crippen LogP contribution is -1.67. The largest absolute Gasteiger partial charge is 0.282 e. The van der Waals surface area contributed by atoms with E-state index in [-0.39, 0.29) is 0 Å². The summed E-state index contributed by atoms with van der Waals surface area (Å²) in [6, 6.07) is 8.07. The van der Waals surface area contributed by atoms with E-state index < -0.39 is 0 Å². The van der Waals surface area contributed by atoms with Crippen molar-refractivity contribution in [3.8, 4) is 0 Å². The van der Waals surface area contributed by atoms with E-state index in [0.717, 1.165) is 11.2 Å². The summed E-state index contributed by atoms with van der Waals surface area (Å²) in [6.45, 7) is 6.02. The second-order valence-electron chi connectivity index (χ2n) is 2.37. The van der Waals surface area contributed by atoms with Crippen LogP contribution in [0, 0.1) is 6.92 Å². The molecule has 0 spiro atoms. The van der Waals surface area contributed by atoms with Crippen LogP contribution in [-0.2, 0) is 0 Å². The monoisotopic (exact) mass is 162 g/mol. The smallest absolute Gasteiger partial charge is 0.0923 e. The van der Waals surface area contributed by atoms with Crippen molar-refractivity contribution in [2.45, 2.75) is 20.8 Å². The summed E-state index contributed by atoms with van der Waals surface area (Å²) >= 11 is 0. The number of para-hydroxylation sites is 1. The molecule has 0 bridgehead atoms. The number of hydrogen-bond acceptors (Lipinski definition) is 1. The van der Waals surface area contributed by atoms with E-state index in [1.807, 2.05) is 39.0 Å². The van der Waals surface area contributed by atoms with Crippen LogP contribution in [0.5, 0.6) is 0 Å². The van der Waals surface area contributed by atoms with Crippen LogP contribution in [0.3, 0.4) is 0 Å². The number of rotatable bonds is 0. The minimum Gasteiger partial charge on any atom is -0.282 e. The maximum atomic E-state index is 4.09. The molecule has 0 radical (unpaired) electrons. The van der Waals surface area contributed by atoms with Crippen molar-refractivity contribution in [3.63, 3.8) is 0 Å². The molecule has 0 aliphatic heterocycles. The Labute approximate surface area is 72.6 Å². The molecule has 1 heterocycles. The van der Waals surface area contributed by atoms with Crippen LogP contribution in [0.4, 0.5) is 0 Å². The van der Waals surface area contributed by atoms with Crippen molar-refractivity contribution in [2.75, 3.05) is 0 Å². The molecule has 1 aromatic heterocycles. The highest BCUT2D eigenvalue weighted by Crippen LogP contribution is 2.12. The third kappa shape index (κ3) is 1.47. The molecule has 1 aromatic carbocycles. The number of aromatic amines is 1. The molecule has 2 nitrogen and oxygen atoms in total. The van der Waals surface area contributed by atoms with Crippen molar-refractivity contribution >= 4 is 10.9 Å². The fraction of sp³-hybridized carbons (Fsp3) is 0.300. The zero-order valence-electron chi connectivity index (χ0n) is 7.76. The quantitative estimate of drug-likeness (QED) is 0.634. The van der Waals surface area contributed by atoms with Gasteiger partial charge in [0.1, 0.15) is 0 Å². The first-order chi connectivity index (χ1) is 5.88. The van der Waals surface area contributed by atoms with Crippen molar-refractivity contribution in [1.29, 1.82) is 0 Å². The van der Waals surface area contributed by atoms with Crippen LogP contribution in [0.15, 0.2) is 24.3 Å². The summed E-state index contributed by atoms with van der Waals surface area (Å²) in [6.07, 6.45) is 0. The van der Waals surface area contributed by atoms with Crippen LogP contribution in [0.25, 0.3) is 10.9 Å². The average molecular weight is 162 g/mol. The lowest BCUT2D eigenvalue weighted by atomic mass is 10.2. The number of benzene rings is 1. The van der Waals surface area contributed by atoms with Crippen molar-refractivity contribution in [2.24, 2.45) is 0 Å². The van der Waals surface area contributed by atoms with Crippen LogP contribution in [-0.4, -0.2) is 10.2 Å². The molecule has 12 heavy (non-hydrogen) atoms. The Morgan fingerprint density at radius 2 is 1.83 bits per heavy atom. The highest BCUT2D eigenvalue weighted by Gasteiger charge is 1.96. The van der Waals surface area contributed by atoms with Crippen LogP contribution < -0.4 is 0 Å². The molecule has 0 amide bonds. The van der Waals surface area contributed by atoms with E-state index in [9.17, 15) is 0 Å². The SMILES string of the molecule is CC.Cc1[nH]nc2ccccc12. The topological polar surface area (TPSA) is 28.7 Å². The van der Waals surface area contributed by atoms with Gasteiger partial charge < -0.3 is 0 Å². The Bertz CT molecular complexity index is 349. The standard InChI is InChI=1S/C8H8N2.C2H6/c1-6-7-4-2-3-5-8(7)10-9-6;1-2/h2-5H,1H3,(H,9,10);1-2H3. The highest BCUT2D eigenvalue weighted by atomic mass is 15.1. The van der Waals surface area contributed by atoms with Gasteiger partial charge in [0.2, 0.25) is 0 Å². The number of aryl methyl sites for hydroxylation is 1. The first-order valence-electron chi connectivity index (χ1n) is 4.27. The van der Waals surface area contributed by atoms with Gasteiger partial charge in [-0.15, -0.1) is 0 Å². The zero-order valence-corrected chi connectivity index (χ0v) is 7.76. The normalized spacial score (nSPS) is 9.25. The number of fused-ring (bicyclic) bond motifs is 1. The molecule has 1 N–H and O–H groups in total. The van der Waals surface area contributed by atoms with E-state index in [2.05, 4.69) is 16.3 Å². The molecule has 0 saturated heterocycles. The Hall–Kier alpha value is -1.31. The van der Waals surface area contributed by atoms with Crippen molar-refractivity contribution < 1.29 is 0 Å². The maximum absolute atomic E-state index is 4.09. The fourth-order valence-corrected chi connectivity index (χ4v) is 1.09. The molecule has 0 unspecified atom stereocenters. The Kier molecular flexibility index (Phi) is 2.86. The zero-order chi connectivity index (χ0) is 8.97. The van der Waals surface area contributed by atoms with Gasteiger partial charge in [-0.05, 0) is 13.0 Å². The molecule has 0 atom stereocenters. The third-order valence-corrected chi connectivity index (χ3v) is 1.65. The summed E-state index contributed by atoms with van der Waals surface area (Å²) in [5.41, 5.74) is 2.18. The van der Waals surface area contributed by atoms with Gasteiger partial charge in [0.05, 0.1) is 5.52 Å². The van der Waals surface area contributed by atoms with Gasteiger partial charge in [0, 0.05) is 11.1 Å². The molecule has 0 aliphatic carbocycles. The van der Waals surface area contributed by atoms with Crippen molar-refractivity contribution in [1.82, 2.24) is 10.2 Å². The predicted octanol–water partition coefficient (Wildman–Crippen LogP) is 2.90. The van der Waals surface area contributed by atoms with E-state index in [0.29, 0.717) is 0 Å². The van der Waals surface area contributed by atoms with E-state index in [4.69, 9.17) is 0 Å². The number of hydrogen-bond donors (Lipinski definition) is 1. The van der Waals surface area contributed by atoms with Crippen molar-refractivity contribution in [3.05, 3.63) is 30.0 Å². The molecule has 0 fully saturated rings. The van der Waals surface area contributed by atoms with Gasteiger partial charge >= 0.3 is 0 Å². The third-order valence-electron chi connectivity index (χ3n) is 1.65. The van der Waals surface area contributed by atoms with Crippen LogP contribution in [0.1, 0.15) is 19.5 Å². The fourth-order valence-electron chi connectivity index (χ4n) is 1.09. The molecule has 0 aliphatic rings. The first kappa shape index (κ1) is 8.78. The molecule has 2 rings (SSSR count). The van der Waals surface area contributed by atoms with Crippen LogP contribution >= 0.6 is 0 Å². The summed E-state index contributed by atoms with van der Waals surface area (Å²) < 4.78 is 0. The van der Waals surface area contributed by atoms with Gasteiger partial charge in [-0.1, -0.05) is 32.0 Å². The Balaban J connectivity index is 0.000000336. The van der Waals surface area contributed by atoms with Gasteiger partial charge in [-0.2, -0.15) is 5.10 Å². The Morgan fingerprint density at radius 1 is 1.17 bits per heavy atom. The van der Waals surface area contributed by atoms with E-state index in [1.54, 1.807) is 0 Å². The summed E-state index contributed by atoms with van der Waals surface area (Å²) in [5.74, 6) is 0. The molecule has 2 aromatic rings. The lowest BCUT2D eigenvalue weighted by Gasteiger charge is -1.84. The van der Waals surface area contributed by atoms with Gasteiger partial charge in [-0.25, -0.2) is 0 Å². The molecular weight excluding hydrogens is 148 g/mol. The maximum Gasteiger partial charge on any atom is 0.0923 e. The minimum absolute atomic E-state index is 1.04. The van der Waals surface area contributed by atoms with E-state index >= 15 is 0 Å². The second-order valence-corrected chi connectivity index (χ2v) is 2.37. The number of H-pyrrole nitrogens is 1. The molecule has 2 heteroatoms. The first-order valence-corrected chi connectivity index (χ1v) is 4.27. The molecular formula is C10H14N2. The number of nitrogens with zero attached hydrogens (tertiary/aromatic N) is 1. The molecule has 64 valence electrons. The van der Waals surface area contributed by atoms with Crippen LogP contribution in [0.2, 0.25) is 0 Å². The van der Waals surface area contributed by atoms with Gasteiger partial charge in [0.15, 0.2) is 0 Å². The second kappa shape index (κ2) is 3.90. The van der Waals surface area contributed by atoms with Gasteiger partial charge in [-0.3, -0.25) is 5.10 Å². The predicted molar refractivity (Wildman–Crippen MR) is 52.2 cm³/mol. The number of aromatic nitrogens is 2. The van der Waals surface area contributed by atoms with Gasteiger partial charge in [0.25, 0.3) is 0 Å². The average Bonchev–Trinajstić information content (AvgIpc) is 2.53. The minimum atomic E-state index is 1.04. The highest BCUT2D eigenvalue weighted by molar-refractivity contribution is 5.80. The summed E-state index contributed by atoms with van der Waals surface area (Å²) in [7, 11) is 0. The summed E-state index contributed by atoms with van der Waals surface area (Å²) in [4.78, 5) is 0. The van der Waals surface area contributed by atoms with E-state index in [1.165, 1.54) is 5.39 Å². The lowest BCUT2D eigenvalue weighted by molar-refractivity contribution is 1.07. The number of nitrogens with one attached hydrogen (secondary N) is 1.